The van der Waals surface area contributed by atoms with E-state index in [1.165, 1.54) is 19.4 Å². The number of hydrogen-bond donors (Lipinski definition) is 2. The first-order valence-electron chi connectivity index (χ1n) is 13.7. The molecule has 0 spiro atoms. The minimum absolute atomic E-state index is 0.133. The smallest absolute Gasteiger partial charge is 0.411 e. The Morgan fingerprint density at radius 1 is 1.16 bits per heavy atom. The molecule has 0 aromatic heterocycles. The molecule has 0 unspecified atom stereocenters. The van der Waals surface area contributed by atoms with Crippen molar-refractivity contribution in [2.75, 3.05) is 19.0 Å². The summed E-state index contributed by atoms with van der Waals surface area (Å²) in [4.78, 5) is 44.3. The summed E-state index contributed by atoms with van der Waals surface area (Å²) in [5.74, 6) is -2.99. The van der Waals surface area contributed by atoms with E-state index in [-0.39, 0.29) is 35.0 Å². The van der Waals surface area contributed by atoms with Crippen molar-refractivity contribution < 1.29 is 33.1 Å². The summed E-state index contributed by atoms with van der Waals surface area (Å²) in [5.41, 5.74) is 1.27. The molecule has 0 radical (unpaired) electrons. The van der Waals surface area contributed by atoms with Gasteiger partial charge in [0.15, 0.2) is 5.82 Å². The number of allylic oxidation sites excluding steroid dienone is 2. The molecular weight excluding hydrogens is 582 g/mol. The van der Waals surface area contributed by atoms with Gasteiger partial charge in [0.25, 0.3) is 0 Å². The zero-order chi connectivity index (χ0) is 30.8. The number of nitrogens with one attached hydrogen (secondary N) is 1. The zero-order valence-corrected chi connectivity index (χ0v) is 24.2. The Bertz CT molecular complexity index is 1720. The van der Waals surface area contributed by atoms with Crippen molar-refractivity contribution in [3.63, 3.8) is 0 Å². The average molecular weight is 611 g/mol. The van der Waals surface area contributed by atoms with Crippen LogP contribution in [-0.2, 0) is 14.3 Å². The molecule has 2 N–H and O–H groups in total. The van der Waals surface area contributed by atoms with Crippen molar-refractivity contribution in [3.05, 3.63) is 93.3 Å². The summed E-state index contributed by atoms with van der Waals surface area (Å²) >= 11 is 5.88. The Morgan fingerprint density at radius 3 is 2.70 bits per heavy atom. The number of nitrogens with zero attached hydrogens (tertiary/aromatic N) is 3. The second-order valence-electron chi connectivity index (χ2n) is 10.5. The van der Waals surface area contributed by atoms with Crippen LogP contribution in [0.1, 0.15) is 38.2 Å². The predicted molar refractivity (Wildman–Crippen MR) is 155 cm³/mol. The standard InChI is InChI=1S/C31H29ClF2N4O5/c1-17-4-3-5-25(37-12-10-19(15-27(37)39)28-23(33)9-8-22(32)29(28)34)26-14-18(11-13-38(26)42)21-7-6-20(35-31(41)43-2)16-24(21)36-30(17)40/h6-9,11,13-17,25,42H,3-5,10,12H2,1-2H3,(H,35,41)/t17-,25+/m1/s1. The van der Waals surface area contributed by atoms with E-state index in [0.717, 1.165) is 17.2 Å². The lowest BCUT2D eigenvalue weighted by Gasteiger charge is -2.38. The van der Waals surface area contributed by atoms with Crippen molar-refractivity contribution >= 4 is 46.3 Å². The molecule has 0 saturated carbocycles. The van der Waals surface area contributed by atoms with Gasteiger partial charge in [0.1, 0.15) is 5.82 Å². The first-order valence-corrected chi connectivity index (χ1v) is 14.1. The summed E-state index contributed by atoms with van der Waals surface area (Å²) in [6, 6.07) is 6.46. The maximum Gasteiger partial charge on any atom is 0.411 e. The van der Waals surface area contributed by atoms with Crippen LogP contribution >= 0.6 is 11.6 Å². The quantitative estimate of drug-likeness (QED) is 0.488. The fraction of sp³-hybridized carbons (Fsp3) is 0.290. The van der Waals surface area contributed by atoms with E-state index in [2.05, 4.69) is 15.0 Å². The fourth-order valence-electron chi connectivity index (χ4n) is 5.46. The van der Waals surface area contributed by atoms with Gasteiger partial charge in [-0.3, -0.25) is 20.1 Å². The topological polar surface area (TPSA) is 112 Å². The average Bonchev–Trinajstić information content (AvgIpc) is 2.98. The number of halogens is 3. The van der Waals surface area contributed by atoms with Gasteiger partial charge < -0.3 is 9.64 Å². The monoisotopic (exact) mass is 610 g/mol. The number of ether oxygens (including phenoxy) is 1. The molecule has 0 aliphatic carbocycles. The molecule has 43 heavy (non-hydrogen) atoms. The molecule has 2 aromatic rings. The molecule has 3 aliphatic heterocycles. The van der Waals surface area contributed by atoms with Crippen LogP contribution in [0.15, 0.2) is 65.4 Å². The summed E-state index contributed by atoms with van der Waals surface area (Å²) in [6.45, 7) is 1.90. The number of fused-ring (bicyclic) bond motifs is 2. The Morgan fingerprint density at radius 2 is 1.95 bits per heavy atom. The largest absolute Gasteiger partial charge is 0.453 e. The van der Waals surface area contributed by atoms with E-state index in [9.17, 15) is 28.4 Å². The fourth-order valence-corrected chi connectivity index (χ4v) is 5.62. The SMILES string of the molecule is COC(=O)Nc1ccc2c(c1)=NC(=O)[C@H](C)CCC[C@H](N1CCC(c3c(F)ccc(Cl)c3F)=CC1=O)C1=CC=2C=CN1O. The highest BCUT2D eigenvalue weighted by molar-refractivity contribution is 6.31. The highest BCUT2D eigenvalue weighted by Gasteiger charge is 2.33. The number of benzene rings is 2. The van der Waals surface area contributed by atoms with Gasteiger partial charge in [0, 0.05) is 35.6 Å². The third kappa shape index (κ3) is 6.23. The van der Waals surface area contributed by atoms with Crippen molar-refractivity contribution in [1.29, 1.82) is 0 Å². The highest BCUT2D eigenvalue weighted by atomic mass is 35.5. The normalized spacial score (nSPS) is 20.7. The molecule has 3 amide bonds. The number of rotatable bonds is 3. The molecule has 3 aliphatic rings. The minimum Gasteiger partial charge on any atom is -0.453 e. The number of anilines is 1. The van der Waals surface area contributed by atoms with E-state index in [4.69, 9.17) is 11.6 Å². The molecule has 0 fully saturated rings. The van der Waals surface area contributed by atoms with E-state index in [0.29, 0.717) is 46.8 Å². The third-order valence-corrected chi connectivity index (χ3v) is 8.05. The minimum atomic E-state index is -0.922. The van der Waals surface area contributed by atoms with Gasteiger partial charge in [-0.15, -0.1) is 0 Å². The zero-order valence-electron chi connectivity index (χ0n) is 23.4. The van der Waals surface area contributed by atoms with E-state index in [1.807, 2.05) is 0 Å². The van der Waals surface area contributed by atoms with Crippen molar-refractivity contribution in [1.82, 2.24) is 9.96 Å². The molecule has 0 saturated heterocycles. The Kier molecular flexibility index (Phi) is 8.74. The second-order valence-corrected chi connectivity index (χ2v) is 10.9. The van der Waals surface area contributed by atoms with Crippen LogP contribution in [0.5, 0.6) is 0 Å². The number of methoxy groups -OCH3 is 1. The third-order valence-electron chi connectivity index (χ3n) is 7.76. The van der Waals surface area contributed by atoms with Gasteiger partial charge in [0.2, 0.25) is 11.8 Å². The Balaban J connectivity index is 1.59. The molecule has 9 nitrogen and oxygen atoms in total. The number of amides is 3. The Labute approximate surface area is 251 Å². The summed E-state index contributed by atoms with van der Waals surface area (Å²) < 4.78 is 34.0. The van der Waals surface area contributed by atoms with Crippen molar-refractivity contribution in [2.24, 2.45) is 10.9 Å². The van der Waals surface area contributed by atoms with Gasteiger partial charge in [-0.2, -0.15) is 0 Å². The number of hydrogen-bond acceptors (Lipinski definition) is 6. The van der Waals surface area contributed by atoms with E-state index < -0.39 is 35.6 Å². The molecule has 5 rings (SSSR count). The first-order chi connectivity index (χ1) is 20.6. The molecule has 2 atom stereocenters. The molecule has 3 heterocycles. The van der Waals surface area contributed by atoms with Crippen LogP contribution in [0.4, 0.5) is 19.3 Å². The lowest BCUT2D eigenvalue weighted by molar-refractivity contribution is -0.129. The first kappa shape index (κ1) is 30.1. The van der Waals surface area contributed by atoms with Gasteiger partial charge in [0.05, 0.1) is 34.8 Å². The lowest BCUT2D eigenvalue weighted by Crippen LogP contribution is -2.46. The van der Waals surface area contributed by atoms with Gasteiger partial charge in [-0.25, -0.2) is 23.6 Å². The maximum absolute atomic E-state index is 14.7. The van der Waals surface area contributed by atoms with Gasteiger partial charge in [-0.1, -0.05) is 31.0 Å². The number of carbonyl (C=O) groups is 3. The second kappa shape index (κ2) is 12.5. The van der Waals surface area contributed by atoms with Gasteiger partial charge in [-0.05, 0) is 66.8 Å². The van der Waals surface area contributed by atoms with Crippen molar-refractivity contribution in [2.45, 2.75) is 38.6 Å². The van der Waals surface area contributed by atoms with Crippen LogP contribution in [0.2, 0.25) is 5.02 Å². The molecule has 2 bridgehead atoms. The summed E-state index contributed by atoms with van der Waals surface area (Å²) in [6.07, 6.45) is 6.87. The molecule has 2 aromatic carbocycles. The number of hydroxylamine groups is 2. The lowest BCUT2D eigenvalue weighted by atomic mass is 9.92. The molecule has 12 heteroatoms. The van der Waals surface area contributed by atoms with E-state index >= 15 is 0 Å². The van der Waals surface area contributed by atoms with Crippen LogP contribution in [0.25, 0.3) is 11.1 Å². The maximum atomic E-state index is 14.7. The molecule has 224 valence electrons. The summed E-state index contributed by atoms with van der Waals surface area (Å²) in [5, 5.41) is 15.1. The van der Waals surface area contributed by atoms with Crippen molar-refractivity contribution in [3.8, 4) is 0 Å². The van der Waals surface area contributed by atoms with E-state index in [1.54, 1.807) is 42.2 Å². The summed E-state index contributed by atoms with van der Waals surface area (Å²) in [7, 11) is 1.24. The van der Waals surface area contributed by atoms with Crippen LogP contribution in [0, 0.1) is 17.6 Å². The highest BCUT2D eigenvalue weighted by Crippen LogP contribution is 2.34. The number of carbonyl (C=O) groups excluding carboxylic acids is 3. The Hall–Kier alpha value is -4.35. The predicted octanol–water partition coefficient (Wildman–Crippen LogP) is 4.70. The van der Waals surface area contributed by atoms with Gasteiger partial charge >= 0.3 is 6.09 Å². The van der Waals surface area contributed by atoms with Crippen LogP contribution in [-0.4, -0.2) is 52.8 Å². The molecular formula is C31H29ClF2N4O5. The van der Waals surface area contributed by atoms with Crippen LogP contribution in [0.3, 0.4) is 0 Å². The van der Waals surface area contributed by atoms with Crippen LogP contribution < -0.4 is 15.9 Å².